The molecule has 1 aromatic rings. The normalized spacial score (nSPS) is 13.3. The first-order chi connectivity index (χ1) is 7.61. The van der Waals surface area contributed by atoms with E-state index in [2.05, 4.69) is 43.4 Å². The highest BCUT2D eigenvalue weighted by Crippen LogP contribution is 2.15. The summed E-state index contributed by atoms with van der Waals surface area (Å²) in [5.41, 5.74) is 1.16. The van der Waals surface area contributed by atoms with E-state index in [1.165, 1.54) is 11.4 Å². The standard InChI is InChI=1S/C13H24N2S/c1-5-12(8-14-7-10(2)3)6-13-15-11(4)9-16-13/h9-10,12,14H,5-8H2,1-4H3. The summed E-state index contributed by atoms with van der Waals surface area (Å²) in [6, 6.07) is 0. The highest BCUT2D eigenvalue weighted by Gasteiger charge is 2.09. The molecule has 3 heteroatoms. The van der Waals surface area contributed by atoms with Crippen LogP contribution in [0.3, 0.4) is 0 Å². The SMILES string of the molecule is CCC(CNCC(C)C)Cc1nc(C)cs1. The zero-order valence-corrected chi connectivity index (χ0v) is 11.7. The molecular weight excluding hydrogens is 216 g/mol. The summed E-state index contributed by atoms with van der Waals surface area (Å²) in [5.74, 6) is 1.46. The van der Waals surface area contributed by atoms with Gasteiger partial charge in [-0.3, -0.25) is 0 Å². The summed E-state index contributed by atoms with van der Waals surface area (Å²) in [6.07, 6.45) is 2.35. The van der Waals surface area contributed by atoms with E-state index in [4.69, 9.17) is 0 Å². The van der Waals surface area contributed by atoms with Gasteiger partial charge in [0.25, 0.3) is 0 Å². The Bertz CT molecular complexity index is 294. The molecule has 92 valence electrons. The molecule has 0 bridgehead atoms. The quantitative estimate of drug-likeness (QED) is 0.791. The number of hydrogen-bond acceptors (Lipinski definition) is 3. The maximum atomic E-state index is 4.53. The number of aromatic nitrogens is 1. The van der Waals surface area contributed by atoms with Crippen LogP contribution in [0.25, 0.3) is 0 Å². The van der Waals surface area contributed by atoms with Crippen LogP contribution in [0.5, 0.6) is 0 Å². The van der Waals surface area contributed by atoms with Gasteiger partial charge in [0.2, 0.25) is 0 Å². The maximum absolute atomic E-state index is 4.53. The van der Waals surface area contributed by atoms with Crippen LogP contribution in [-0.2, 0) is 6.42 Å². The maximum Gasteiger partial charge on any atom is 0.0931 e. The second-order valence-corrected chi connectivity index (χ2v) is 5.86. The lowest BCUT2D eigenvalue weighted by Gasteiger charge is -2.15. The highest BCUT2D eigenvalue weighted by atomic mass is 32.1. The molecule has 1 unspecified atom stereocenters. The molecule has 2 nitrogen and oxygen atoms in total. The second kappa shape index (κ2) is 7.02. The smallest absolute Gasteiger partial charge is 0.0931 e. The molecule has 0 spiro atoms. The lowest BCUT2D eigenvalue weighted by atomic mass is 10.0. The minimum absolute atomic E-state index is 0.726. The number of rotatable bonds is 7. The van der Waals surface area contributed by atoms with E-state index < -0.39 is 0 Å². The summed E-state index contributed by atoms with van der Waals surface area (Å²) in [5, 5.41) is 6.97. The van der Waals surface area contributed by atoms with Gasteiger partial charge in [-0.1, -0.05) is 27.2 Å². The third kappa shape index (κ3) is 5.08. The lowest BCUT2D eigenvalue weighted by Crippen LogP contribution is -2.27. The molecule has 0 fully saturated rings. The van der Waals surface area contributed by atoms with Crippen molar-refractivity contribution in [3.63, 3.8) is 0 Å². The van der Waals surface area contributed by atoms with E-state index >= 15 is 0 Å². The van der Waals surface area contributed by atoms with E-state index in [0.29, 0.717) is 0 Å². The molecule has 16 heavy (non-hydrogen) atoms. The Balaban J connectivity index is 2.31. The zero-order chi connectivity index (χ0) is 12.0. The van der Waals surface area contributed by atoms with Crippen molar-refractivity contribution < 1.29 is 0 Å². The average molecular weight is 240 g/mol. The Kier molecular flexibility index (Phi) is 5.99. The van der Waals surface area contributed by atoms with Gasteiger partial charge >= 0.3 is 0 Å². The molecule has 0 radical (unpaired) electrons. The first-order valence-corrected chi connectivity index (χ1v) is 7.11. The van der Waals surface area contributed by atoms with Crippen molar-refractivity contribution in [2.24, 2.45) is 11.8 Å². The minimum atomic E-state index is 0.726. The highest BCUT2D eigenvalue weighted by molar-refractivity contribution is 7.09. The fraction of sp³-hybridized carbons (Fsp3) is 0.769. The van der Waals surface area contributed by atoms with Crippen molar-refractivity contribution in [2.45, 2.75) is 40.5 Å². The number of thiazole rings is 1. The van der Waals surface area contributed by atoms with Gasteiger partial charge in [-0.25, -0.2) is 4.98 Å². The van der Waals surface area contributed by atoms with E-state index in [1.807, 2.05) is 0 Å². The van der Waals surface area contributed by atoms with E-state index in [-0.39, 0.29) is 0 Å². The first-order valence-electron chi connectivity index (χ1n) is 6.23. The summed E-state index contributed by atoms with van der Waals surface area (Å²) in [7, 11) is 0. The molecule has 1 aromatic heterocycles. The number of nitrogens with one attached hydrogen (secondary N) is 1. The minimum Gasteiger partial charge on any atom is -0.316 e. The third-order valence-electron chi connectivity index (χ3n) is 2.69. The largest absolute Gasteiger partial charge is 0.316 e. The lowest BCUT2D eigenvalue weighted by molar-refractivity contribution is 0.437. The van der Waals surface area contributed by atoms with Gasteiger partial charge in [0.05, 0.1) is 5.01 Å². The van der Waals surface area contributed by atoms with Crippen molar-refractivity contribution >= 4 is 11.3 Å². The average Bonchev–Trinajstić information content (AvgIpc) is 2.62. The molecule has 0 aliphatic rings. The third-order valence-corrected chi connectivity index (χ3v) is 3.68. The van der Waals surface area contributed by atoms with Gasteiger partial charge in [-0.2, -0.15) is 0 Å². The van der Waals surface area contributed by atoms with Gasteiger partial charge in [0.15, 0.2) is 0 Å². The molecule has 1 heterocycles. The number of hydrogen-bond donors (Lipinski definition) is 1. The van der Waals surface area contributed by atoms with Crippen molar-refractivity contribution in [1.29, 1.82) is 0 Å². The van der Waals surface area contributed by atoms with Crippen LogP contribution < -0.4 is 5.32 Å². The molecule has 1 N–H and O–H groups in total. The summed E-state index contributed by atoms with van der Waals surface area (Å²) >= 11 is 1.79. The van der Waals surface area contributed by atoms with Crippen LogP contribution in [0, 0.1) is 18.8 Å². The second-order valence-electron chi connectivity index (χ2n) is 4.91. The predicted octanol–water partition coefficient (Wildman–Crippen LogP) is 3.27. The van der Waals surface area contributed by atoms with Crippen LogP contribution in [0.15, 0.2) is 5.38 Å². The Labute approximate surface area is 103 Å². The summed E-state index contributed by atoms with van der Waals surface area (Å²) in [6.45, 7) is 11.1. The number of nitrogens with zero attached hydrogens (tertiary/aromatic N) is 1. The van der Waals surface area contributed by atoms with Crippen molar-refractivity contribution in [3.05, 3.63) is 16.1 Å². The van der Waals surface area contributed by atoms with Crippen molar-refractivity contribution in [2.75, 3.05) is 13.1 Å². The monoisotopic (exact) mass is 240 g/mol. The fourth-order valence-corrected chi connectivity index (χ4v) is 2.57. The van der Waals surface area contributed by atoms with Crippen molar-refractivity contribution in [1.82, 2.24) is 10.3 Å². The number of aryl methyl sites for hydroxylation is 1. The molecule has 0 aliphatic heterocycles. The van der Waals surface area contributed by atoms with Gasteiger partial charge in [0.1, 0.15) is 0 Å². The predicted molar refractivity (Wildman–Crippen MR) is 72.0 cm³/mol. The van der Waals surface area contributed by atoms with Crippen LogP contribution in [0.1, 0.15) is 37.9 Å². The topological polar surface area (TPSA) is 24.9 Å². The fourth-order valence-electron chi connectivity index (χ4n) is 1.68. The molecule has 1 atom stereocenters. The molecule has 0 aliphatic carbocycles. The summed E-state index contributed by atoms with van der Waals surface area (Å²) < 4.78 is 0. The van der Waals surface area contributed by atoms with Crippen LogP contribution in [0.4, 0.5) is 0 Å². The van der Waals surface area contributed by atoms with Crippen molar-refractivity contribution in [3.8, 4) is 0 Å². The first kappa shape index (κ1) is 13.7. The molecule has 0 aromatic carbocycles. The molecule has 0 amide bonds. The Morgan fingerprint density at radius 3 is 2.62 bits per heavy atom. The van der Waals surface area contributed by atoms with Gasteiger partial charge < -0.3 is 5.32 Å². The molecule has 1 rings (SSSR count). The Morgan fingerprint density at radius 2 is 2.12 bits per heavy atom. The molecule has 0 saturated heterocycles. The van der Waals surface area contributed by atoms with E-state index in [1.54, 1.807) is 11.3 Å². The van der Waals surface area contributed by atoms with Crippen LogP contribution in [-0.4, -0.2) is 18.1 Å². The zero-order valence-electron chi connectivity index (χ0n) is 10.9. The molecular formula is C13H24N2S. The van der Waals surface area contributed by atoms with Gasteiger partial charge in [-0.05, 0) is 31.8 Å². The van der Waals surface area contributed by atoms with Gasteiger partial charge in [-0.15, -0.1) is 11.3 Å². The van der Waals surface area contributed by atoms with Gasteiger partial charge in [0, 0.05) is 17.5 Å². The molecule has 0 saturated carbocycles. The van der Waals surface area contributed by atoms with E-state index in [9.17, 15) is 0 Å². The summed E-state index contributed by atoms with van der Waals surface area (Å²) in [4.78, 5) is 4.53. The van der Waals surface area contributed by atoms with Crippen LogP contribution in [0.2, 0.25) is 0 Å². The Morgan fingerprint density at radius 1 is 1.38 bits per heavy atom. The van der Waals surface area contributed by atoms with E-state index in [0.717, 1.165) is 37.0 Å². The Hall–Kier alpha value is -0.410. The van der Waals surface area contributed by atoms with Crippen LogP contribution >= 0.6 is 11.3 Å².